The van der Waals surface area contributed by atoms with Crippen LogP contribution in [0.2, 0.25) is 0 Å². The Hall–Kier alpha value is -1.14. The van der Waals surface area contributed by atoms with E-state index in [1.54, 1.807) is 6.07 Å². The fourth-order valence-corrected chi connectivity index (χ4v) is 1.84. The van der Waals surface area contributed by atoms with Crippen LogP contribution in [-0.2, 0) is 4.74 Å². The molecule has 0 amide bonds. The highest BCUT2D eigenvalue weighted by atomic mass is 79.9. The summed E-state index contributed by atoms with van der Waals surface area (Å²) < 4.78 is 18.4. The van der Waals surface area contributed by atoms with E-state index in [0.717, 1.165) is 23.3 Å². The molecule has 0 aliphatic heterocycles. The Balaban J connectivity index is 2.01. The number of aromatic amines is 1. The lowest BCUT2D eigenvalue weighted by Gasteiger charge is -2.15. The number of rotatable bonds is 6. The first-order valence-corrected chi connectivity index (χ1v) is 6.83. The van der Waals surface area contributed by atoms with Gasteiger partial charge in [0.25, 0.3) is 0 Å². The molecule has 0 unspecified atom stereocenters. The number of likely N-dealkylation sites (N-methyl/N-ethyl adjacent to an activating group) is 1. The maximum Gasteiger partial charge on any atom is 0.203 e. The summed E-state index contributed by atoms with van der Waals surface area (Å²) in [6.45, 7) is 2.06. The summed E-state index contributed by atoms with van der Waals surface area (Å²) in [6, 6.07) is 4.52. The molecule has 0 saturated carbocycles. The average Bonchev–Trinajstić information content (AvgIpc) is 2.77. The molecule has 0 spiro atoms. The number of nitrogens with one attached hydrogen (secondary N) is 1. The average molecular weight is 316 g/mol. The van der Waals surface area contributed by atoms with Gasteiger partial charge in [0.05, 0.1) is 24.2 Å². The van der Waals surface area contributed by atoms with Gasteiger partial charge in [-0.25, -0.2) is 9.37 Å². The number of fused-ring (bicyclic) bond motifs is 1. The van der Waals surface area contributed by atoms with E-state index >= 15 is 0 Å². The van der Waals surface area contributed by atoms with E-state index in [9.17, 15) is 4.39 Å². The van der Waals surface area contributed by atoms with E-state index in [1.807, 2.05) is 11.9 Å². The Kier molecular flexibility index (Phi) is 4.54. The van der Waals surface area contributed by atoms with E-state index in [1.165, 1.54) is 12.1 Å². The largest absolute Gasteiger partial charge is 0.379 e. The van der Waals surface area contributed by atoms with Crippen LogP contribution in [0.5, 0.6) is 0 Å². The highest BCUT2D eigenvalue weighted by Gasteiger charge is 2.07. The maximum absolute atomic E-state index is 13.0. The van der Waals surface area contributed by atoms with Crippen molar-refractivity contribution < 1.29 is 9.13 Å². The van der Waals surface area contributed by atoms with Gasteiger partial charge >= 0.3 is 0 Å². The minimum atomic E-state index is -0.263. The fraction of sp³-hybridized carbons (Fsp3) is 0.417. The molecule has 98 valence electrons. The standard InChI is InChI=1S/C12H15BrFN3O/c1-17(5-7-18-6-4-13)12-15-10-3-2-9(14)8-11(10)16-12/h2-3,8H,4-7H2,1H3,(H,15,16). The van der Waals surface area contributed by atoms with Gasteiger partial charge in [-0.3, -0.25) is 0 Å². The van der Waals surface area contributed by atoms with Crippen LogP contribution < -0.4 is 4.90 Å². The normalized spacial score (nSPS) is 11.1. The summed E-state index contributed by atoms with van der Waals surface area (Å²) in [5.41, 5.74) is 1.47. The fourth-order valence-electron chi connectivity index (χ4n) is 1.61. The molecule has 0 radical (unpaired) electrons. The number of nitrogens with zero attached hydrogens (tertiary/aromatic N) is 2. The topological polar surface area (TPSA) is 41.1 Å². The second-order valence-corrected chi connectivity index (χ2v) is 4.74. The van der Waals surface area contributed by atoms with Gasteiger partial charge in [-0.1, -0.05) is 15.9 Å². The first kappa shape index (κ1) is 13.3. The molecule has 0 saturated heterocycles. The molecule has 1 heterocycles. The molecular formula is C12H15BrFN3O. The van der Waals surface area contributed by atoms with Crippen LogP contribution >= 0.6 is 15.9 Å². The predicted octanol–water partition coefficient (Wildman–Crippen LogP) is 2.55. The highest BCUT2D eigenvalue weighted by molar-refractivity contribution is 9.09. The van der Waals surface area contributed by atoms with Gasteiger partial charge in [0.2, 0.25) is 5.95 Å². The Morgan fingerprint density at radius 3 is 3.06 bits per heavy atom. The van der Waals surface area contributed by atoms with E-state index in [4.69, 9.17) is 4.74 Å². The smallest absolute Gasteiger partial charge is 0.203 e. The highest BCUT2D eigenvalue weighted by Crippen LogP contribution is 2.17. The lowest BCUT2D eigenvalue weighted by atomic mass is 10.3. The van der Waals surface area contributed by atoms with Crippen LogP contribution in [0.3, 0.4) is 0 Å². The summed E-state index contributed by atoms with van der Waals surface area (Å²) in [6.07, 6.45) is 0. The first-order valence-electron chi connectivity index (χ1n) is 5.71. The Morgan fingerprint density at radius 2 is 2.28 bits per heavy atom. The zero-order valence-corrected chi connectivity index (χ0v) is 11.7. The summed E-state index contributed by atoms with van der Waals surface area (Å²) in [7, 11) is 1.92. The molecular weight excluding hydrogens is 301 g/mol. The quantitative estimate of drug-likeness (QED) is 0.658. The molecule has 0 fully saturated rings. The van der Waals surface area contributed by atoms with Gasteiger partial charge in [0, 0.05) is 18.9 Å². The van der Waals surface area contributed by atoms with E-state index in [2.05, 4.69) is 25.9 Å². The number of hydrogen-bond acceptors (Lipinski definition) is 3. The molecule has 6 heteroatoms. The molecule has 0 aliphatic carbocycles. The van der Waals surface area contributed by atoms with E-state index in [-0.39, 0.29) is 5.82 Å². The number of anilines is 1. The molecule has 18 heavy (non-hydrogen) atoms. The van der Waals surface area contributed by atoms with Crippen LogP contribution in [0.1, 0.15) is 0 Å². The molecule has 0 aliphatic rings. The number of aromatic nitrogens is 2. The monoisotopic (exact) mass is 315 g/mol. The molecule has 0 atom stereocenters. The molecule has 1 aromatic carbocycles. The second-order valence-electron chi connectivity index (χ2n) is 3.94. The van der Waals surface area contributed by atoms with Crippen molar-refractivity contribution in [3.8, 4) is 0 Å². The first-order chi connectivity index (χ1) is 8.70. The third-order valence-corrected chi connectivity index (χ3v) is 2.91. The van der Waals surface area contributed by atoms with Gasteiger partial charge in [-0.15, -0.1) is 0 Å². The zero-order chi connectivity index (χ0) is 13.0. The molecule has 4 nitrogen and oxygen atoms in total. The minimum absolute atomic E-state index is 0.263. The van der Waals surface area contributed by atoms with Crippen molar-refractivity contribution in [2.75, 3.05) is 37.0 Å². The minimum Gasteiger partial charge on any atom is -0.379 e. The van der Waals surface area contributed by atoms with E-state index < -0.39 is 0 Å². The SMILES string of the molecule is CN(CCOCCBr)c1nc2ccc(F)cc2[nH]1. The van der Waals surface area contributed by atoms with Crippen molar-refractivity contribution in [2.24, 2.45) is 0 Å². The summed E-state index contributed by atoms with van der Waals surface area (Å²) in [5, 5.41) is 0.834. The number of benzene rings is 1. The van der Waals surface area contributed by atoms with Gasteiger partial charge in [-0.2, -0.15) is 0 Å². The van der Waals surface area contributed by atoms with Gasteiger partial charge in [0.15, 0.2) is 0 Å². The zero-order valence-electron chi connectivity index (χ0n) is 10.1. The molecule has 1 aromatic heterocycles. The number of alkyl halides is 1. The van der Waals surface area contributed by atoms with Gasteiger partial charge < -0.3 is 14.6 Å². The third-order valence-electron chi connectivity index (χ3n) is 2.59. The lowest BCUT2D eigenvalue weighted by molar-refractivity contribution is 0.157. The van der Waals surface area contributed by atoms with Crippen molar-refractivity contribution in [2.45, 2.75) is 0 Å². The Bertz CT molecular complexity index is 517. The summed E-state index contributed by atoms with van der Waals surface area (Å²) in [4.78, 5) is 9.43. The van der Waals surface area contributed by atoms with Crippen LogP contribution in [0.15, 0.2) is 18.2 Å². The van der Waals surface area contributed by atoms with Gasteiger partial charge in [0.1, 0.15) is 5.82 Å². The number of H-pyrrole nitrogens is 1. The number of imidazole rings is 1. The predicted molar refractivity (Wildman–Crippen MR) is 73.9 cm³/mol. The summed E-state index contributed by atoms with van der Waals surface area (Å²) in [5.74, 6) is 0.457. The number of halogens is 2. The van der Waals surface area contributed by atoms with Crippen molar-refractivity contribution in [1.82, 2.24) is 9.97 Å². The Morgan fingerprint density at radius 1 is 1.44 bits per heavy atom. The number of hydrogen-bond donors (Lipinski definition) is 1. The van der Waals surface area contributed by atoms with Crippen molar-refractivity contribution in [3.05, 3.63) is 24.0 Å². The molecule has 1 N–H and O–H groups in total. The van der Waals surface area contributed by atoms with Crippen LogP contribution in [0.4, 0.5) is 10.3 Å². The molecule has 0 bridgehead atoms. The van der Waals surface area contributed by atoms with Crippen molar-refractivity contribution in [3.63, 3.8) is 0 Å². The van der Waals surface area contributed by atoms with Crippen LogP contribution in [0, 0.1) is 5.82 Å². The number of ether oxygens (including phenoxy) is 1. The van der Waals surface area contributed by atoms with Crippen LogP contribution in [-0.4, -0.2) is 42.1 Å². The summed E-state index contributed by atoms with van der Waals surface area (Å²) >= 11 is 3.30. The van der Waals surface area contributed by atoms with Crippen molar-refractivity contribution >= 4 is 32.9 Å². The Labute approximate surface area is 113 Å². The van der Waals surface area contributed by atoms with Crippen LogP contribution in [0.25, 0.3) is 11.0 Å². The maximum atomic E-state index is 13.0. The lowest BCUT2D eigenvalue weighted by Crippen LogP contribution is -2.23. The molecule has 2 rings (SSSR count). The van der Waals surface area contributed by atoms with Crippen molar-refractivity contribution in [1.29, 1.82) is 0 Å². The molecule has 2 aromatic rings. The van der Waals surface area contributed by atoms with E-state index in [0.29, 0.717) is 18.7 Å². The third kappa shape index (κ3) is 3.20. The van der Waals surface area contributed by atoms with Gasteiger partial charge in [-0.05, 0) is 18.2 Å². The second kappa shape index (κ2) is 6.15.